The Balaban J connectivity index is 1.52. The molecule has 126 valence electrons. The van der Waals surface area contributed by atoms with E-state index in [-0.39, 0.29) is 6.03 Å². The number of nitrogens with zero attached hydrogens (tertiary/aromatic N) is 3. The maximum Gasteiger partial charge on any atom is 0.319 e. The van der Waals surface area contributed by atoms with Gasteiger partial charge >= 0.3 is 6.03 Å². The molecule has 1 saturated heterocycles. The lowest BCUT2D eigenvalue weighted by molar-refractivity contribution is 0.111. The van der Waals surface area contributed by atoms with Crippen molar-refractivity contribution in [2.24, 2.45) is 5.92 Å². The van der Waals surface area contributed by atoms with Crippen LogP contribution < -0.4 is 4.74 Å². The molecule has 0 saturated carbocycles. The minimum atomic E-state index is 0.126. The quantitative estimate of drug-likeness (QED) is 0.836. The summed E-state index contributed by atoms with van der Waals surface area (Å²) in [6, 6.07) is 8.52. The number of ether oxygens (including phenoxy) is 1. The number of hydrogen-bond acceptors (Lipinski definition) is 3. The molecule has 1 fully saturated rings. The SMILES string of the molecule is CN(C)C(=O)N1CCN(CC2CCOc3ccccc3C2)CC1. The van der Waals surface area contributed by atoms with E-state index in [1.807, 2.05) is 25.1 Å². The van der Waals surface area contributed by atoms with Gasteiger partial charge in [0.05, 0.1) is 6.61 Å². The second-order valence-electron chi connectivity index (χ2n) is 6.78. The van der Waals surface area contributed by atoms with Crippen molar-refractivity contribution in [3.63, 3.8) is 0 Å². The van der Waals surface area contributed by atoms with Gasteiger partial charge in [0.1, 0.15) is 5.75 Å². The molecule has 0 aliphatic carbocycles. The summed E-state index contributed by atoms with van der Waals surface area (Å²) < 4.78 is 5.87. The maximum absolute atomic E-state index is 12.0. The lowest BCUT2D eigenvalue weighted by Gasteiger charge is -2.37. The zero-order chi connectivity index (χ0) is 16.2. The van der Waals surface area contributed by atoms with E-state index < -0.39 is 0 Å². The van der Waals surface area contributed by atoms with E-state index >= 15 is 0 Å². The van der Waals surface area contributed by atoms with Gasteiger partial charge in [-0.2, -0.15) is 0 Å². The first-order chi connectivity index (χ1) is 11.1. The van der Waals surface area contributed by atoms with E-state index in [1.54, 1.807) is 4.90 Å². The summed E-state index contributed by atoms with van der Waals surface area (Å²) in [5.74, 6) is 1.69. The Bertz CT molecular complexity index is 539. The van der Waals surface area contributed by atoms with Gasteiger partial charge in [0.15, 0.2) is 0 Å². The molecule has 0 aromatic heterocycles. The number of hydrogen-bond donors (Lipinski definition) is 0. The Hall–Kier alpha value is -1.75. The smallest absolute Gasteiger partial charge is 0.319 e. The van der Waals surface area contributed by atoms with Crippen LogP contribution in [-0.2, 0) is 6.42 Å². The molecule has 0 bridgehead atoms. The maximum atomic E-state index is 12.0. The van der Waals surface area contributed by atoms with Crippen LogP contribution in [0.3, 0.4) is 0 Å². The van der Waals surface area contributed by atoms with Crippen molar-refractivity contribution in [1.82, 2.24) is 14.7 Å². The van der Waals surface area contributed by atoms with Crippen LogP contribution in [0, 0.1) is 5.92 Å². The fourth-order valence-electron chi connectivity index (χ4n) is 3.49. The highest BCUT2D eigenvalue weighted by atomic mass is 16.5. The average Bonchev–Trinajstić information content (AvgIpc) is 2.76. The highest BCUT2D eigenvalue weighted by Crippen LogP contribution is 2.27. The number of para-hydroxylation sites is 1. The van der Waals surface area contributed by atoms with Crippen LogP contribution in [0.5, 0.6) is 5.75 Å². The largest absolute Gasteiger partial charge is 0.493 e. The lowest BCUT2D eigenvalue weighted by atomic mass is 9.96. The summed E-state index contributed by atoms with van der Waals surface area (Å²) in [6.45, 7) is 5.51. The van der Waals surface area contributed by atoms with E-state index in [0.717, 1.165) is 57.9 Å². The molecule has 0 radical (unpaired) electrons. The Kier molecular flexibility index (Phi) is 5.06. The molecular formula is C18H27N3O2. The number of rotatable bonds is 2. The van der Waals surface area contributed by atoms with Crippen LogP contribution in [0.1, 0.15) is 12.0 Å². The molecule has 1 atom stereocenters. The highest BCUT2D eigenvalue weighted by molar-refractivity contribution is 5.73. The van der Waals surface area contributed by atoms with Crippen molar-refractivity contribution >= 4 is 6.03 Å². The van der Waals surface area contributed by atoms with Crippen molar-refractivity contribution in [2.75, 3.05) is 53.4 Å². The van der Waals surface area contributed by atoms with Crippen molar-refractivity contribution in [1.29, 1.82) is 0 Å². The minimum absolute atomic E-state index is 0.126. The fraction of sp³-hybridized carbons (Fsp3) is 0.611. The van der Waals surface area contributed by atoms with Gasteiger partial charge in [-0.05, 0) is 30.4 Å². The predicted octanol–water partition coefficient (Wildman–Crippen LogP) is 1.93. The van der Waals surface area contributed by atoms with Gasteiger partial charge in [0.25, 0.3) is 0 Å². The predicted molar refractivity (Wildman–Crippen MR) is 90.8 cm³/mol. The van der Waals surface area contributed by atoms with Crippen molar-refractivity contribution in [3.05, 3.63) is 29.8 Å². The number of urea groups is 1. The first-order valence-corrected chi connectivity index (χ1v) is 8.53. The molecule has 0 spiro atoms. The minimum Gasteiger partial charge on any atom is -0.493 e. The van der Waals surface area contributed by atoms with Crippen LogP contribution in [0.4, 0.5) is 4.79 Å². The second-order valence-corrected chi connectivity index (χ2v) is 6.78. The van der Waals surface area contributed by atoms with Crippen molar-refractivity contribution in [3.8, 4) is 5.75 Å². The van der Waals surface area contributed by atoms with Gasteiger partial charge in [-0.3, -0.25) is 4.90 Å². The fourth-order valence-corrected chi connectivity index (χ4v) is 3.49. The summed E-state index contributed by atoms with van der Waals surface area (Å²) in [6.07, 6.45) is 2.19. The summed E-state index contributed by atoms with van der Waals surface area (Å²) in [4.78, 5) is 18.1. The number of carbonyl (C=O) groups excluding carboxylic acids is 1. The summed E-state index contributed by atoms with van der Waals surface area (Å²) in [7, 11) is 3.63. The molecule has 5 nitrogen and oxygen atoms in total. The molecule has 23 heavy (non-hydrogen) atoms. The van der Waals surface area contributed by atoms with Crippen LogP contribution in [-0.4, -0.2) is 74.2 Å². The average molecular weight is 317 g/mol. The van der Waals surface area contributed by atoms with Gasteiger partial charge in [0.2, 0.25) is 0 Å². The number of benzene rings is 1. The van der Waals surface area contributed by atoms with Gasteiger partial charge in [-0.15, -0.1) is 0 Å². The molecular weight excluding hydrogens is 290 g/mol. The molecule has 5 heteroatoms. The standard InChI is InChI=1S/C18H27N3O2/c1-19(2)18(22)21-10-8-20(9-11-21)14-15-7-12-23-17-6-4-3-5-16(17)13-15/h3-6,15H,7-14H2,1-2H3. The Morgan fingerprint density at radius 1 is 1.22 bits per heavy atom. The number of fused-ring (bicyclic) bond motifs is 1. The van der Waals surface area contributed by atoms with E-state index in [1.165, 1.54) is 5.56 Å². The van der Waals surface area contributed by atoms with E-state index in [4.69, 9.17) is 4.74 Å². The molecule has 1 unspecified atom stereocenters. The third-order valence-electron chi connectivity index (χ3n) is 4.81. The second kappa shape index (κ2) is 7.21. The molecule has 3 rings (SSSR count). The van der Waals surface area contributed by atoms with Gasteiger partial charge in [0, 0.05) is 46.8 Å². The molecule has 1 aromatic carbocycles. The first kappa shape index (κ1) is 16.1. The van der Waals surface area contributed by atoms with Crippen LogP contribution in [0.25, 0.3) is 0 Å². The zero-order valence-corrected chi connectivity index (χ0v) is 14.2. The number of carbonyl (C=O) groups is 1. The van der Waals surface area contributed by atoms with Gasteiger partial charge < -0.3 is 14.5 Å². The van der Waals surface area contributed by atoms with Crippen LogP contribution >= 0.6 is 0 Å². The summed E-state index contributed by atoms with van der Waals surface area (Å²) >= 11 is 0. The molecule has 1 aromatic rings. The molecule has 2 aliphatic heterocycles. The summed E-state index contributed by atoms with van der Waals surface area (Å²) in [5, 5.41) is 0. The van der Waals surface area contributed by atoms with Gasteiger partial charge in [-0.25, -0.2) is 4.79 Å². The third kappa shape index (κ3) is 3.96. The lowest BCUT2D eigenvalue weighted by Crippen LogP contribution is -2.52. The summed E-state index contributed by atoms with van der Waals surface area (Å²) in [5.41, 5.74) is 1.33. The molecule has 0 N–H and O–H groups in total. The monoisotopic (exact) mass is 317 g/mol. The molecule has 2 heterocycles. The Morgan fingerprint density at radius 3 is 2.70 bits per heavy atom. The Morgan fingerprint density at radius 2 is 1.96 bits per heavy atom. The topological polar surface area (TPSA) is 36.0 Å². The van der Waals surface area contributed by atoms with Crippen LogP contribution in [0.2, 0.25) is 0 Å². The van der Waals surface area contributed by atoms with Crippen LogP contribution in [0.15, 0.2) is 24.3 Å². The molecule has 2 aliphatic rings. The van der Waals surface area contributed by atoms with Crippen molar-refractivity contribution < 1.29 is 9.53 Å². The van der Waals surface area contributed by atoms with E-state index in [2.05, 4.69) is 23.1 Å². The first-order valence-electron chi connectivity index (χ1n) is 8.53. The Labute approximate surface area is 138 Å². The number of amides is 2. The normalized spacial score (nSPS) is 22.0. The van der Waals surface area contributed by atoms with E-state index in [9.17, 15) is 4.79 Å². The van der Waals surface area contributed by atoms with Crippen molar-refractivity contribution in [2.45, 2.75) is 12.8 Å². The van der Waals surface area contributed by atoms with Gasteiger partial charge in [-0.1, -0.05) is 18.2 Å². The third-order valence-corrected chi connectivity index (χ3v) is 4.81. The zero-order valence-electron chi connectivity index (χ0n) is 14.2. The number of piperazine rings is 1. The highest BCUT2D eigenvalue weighted by Gasteiger charge is 2.25. The molecule has 2 amide bonds. The van der Waals surface area contributed by atoms with E-state index in [0.29, 0.717) is 5.92 Å².